The van der Waals surface area contributed by atoms with Gasteiger partial charge in [0.05, 0.1) is 6.61 Å². The summed E-state index contributed by atoms with van der Waals surface area (Å²) in [4.78, 5) is 2.09. The van der Waals surface area contributed by atoms with Crippen LogP contribution in [-0.2, 0) is 10.6 Å². The number of ether oxygens (including phenoxy) is 1. The molecule has 0 spiro atoms. The topological polar surface area (TPSA) is 12.5 Å². The van der Waals surface area contributed by atoms with Crippen molar-refractivity contribution in [3.8, 4) is 0 Å². The smallest absolute Gasteiger partial charge is 0.0637 e. The first-order valence-electron chi connectivity index (χ1n) is 4.73. The van der Waals surface area contributed by atoms with Crippen LogP contribution in [0.4, 0.5) is 5.69 Å². The van der Waals surface area contributed by atoms with Gasteiger partial charge in [0.15, 0.2) is 0 Å². The lowest BCUT2D eigenvalue weighted by Crippen LogP contribution is -2.21. The predicted octanol–water partition coefficient (Wildman–Crippen LogP) is 3.16. The molecule has 0 amide bonds. The summed E-state index contributed by atoms with van der Waals surface area (Å²) in [5, 5.41) is 0.715. The van der Waals surface area contributed by atoms with Crippen molar-refractivity contribution in [2.75, 3.05) is 32.2 Å². The van der Waals surface area contributed by atoms with Crippen molar-refractivity contribution in [2.45, 2.75) is 5.88 Å². The fourth-order valence-corrected chi connectivity index (χ4v) is 1.78. The zero-order valence-electron chi connectivity index (χ0n) is 8.96. The molecule has 0 heterocycles. The molecule has 1 aromatic carbocycles. The highest BCUT2D eigenvalue weighted by molar-refractivity contribution is 6.32. The fraction of sp³-hybridized carbons (Fsp3) is 0.455. The number of nitrogens with zero attached hydrogens (tertiary/aromatic N) is 1. The molecule has 0 saturated carbocycles. The molecule has 0 aromatic heterocycles. The first kappa shape index (κ1) is 12.6. The minimum Gasteiger partial charge on any atom is -0.383 e. The van der Waals surface area contributed by atoms with Gasteiger partial charge in [-0.25, -0.2) is 0 Å². The summed E-state index contributed by atoms with van der Waals surface area (Å²) < 4.78 is 5.01. The van der Waals surface area contributed by atoms with Crippen molar-refractivity contribution < 1.29 is 4.74 Å². The largest absolute Gasteiger partial charge is 0.383 e. The number of benzene rings is 1. The minimum absolute atomic E-state index is 0.445. The molecule has 4 heteroatoms. The lowest BCUT2D eigenvalue weighted by Gasteiger charge is -2.19. The van der Waals surface area contributed by atoms with Crippen LogP contribution in [0.5, 0.6) is 0 Å². The molecule has 0 fully saturated rings. The Morgan fingerprint density at radius 1 is 1.40 bits per heavy atom. The summed E-state index contributed by atoms with van der Waals surface area (Å²) in [5.74, 6) is 0.445. The Morgan fingerprint density at radius 2 is 2.13 bits per heavy atom. The SMILES string of the molecule is COCCN(C)c1ccc(CCl)c(Cl)c1. The normalized spacial score (nSPS) is 10.4. The van der Waals surface area contributed by atoms with E-state index in [9.17, 15) is 0 Å². The van der Waals surface area contributed by atoms with Crippen molar-refractivity contribution >= 4 is 28.9 Å². The van der Waals surface area contributed by atoms with Crippen LogP contribution in [0.25, 0.3) is 0 Å². The second-order valence-electron chi connectivity index (χ2n) is 3.32. The van der Waals surface area contributed by atoms with E-state index in [2.05, 4.69) is 4.90 Å². The summed E-state index contributed by atoms with van der Waals surface area (Å²) in [6.07, 6.45) is 0. The number of hydrogen-bond acceptors (Lipinski definition) is 2. The standard InChI is InChI=1S/C11H15Cl2NO/c1-14(5-6-15-2)10-4-3-9(8-12)11(13)7-10/h3-4,7H,5-6,8H2,1-2H3. The Hall–Kier alpha value is -0.440. The predicted molar refractivity (Wildman–Crippen MR) is 66.2 cm³/mol. The van der Waals surface area contributed by atoms with Gasteiger partial charge in [-0.2, -0.15) is 0 Å². The van der Waals surface area contributed by atoms with E-state index in [0.29, 0.717) is 17.5 Å². The number of hydrogen-bond donors (Lipinski definition) is 0. The Kier molecular flexibility index (Phi) is 5.23. The van der Waals surface area contributed by atoms with Gasteiger partial charge in [0.25, 0.3) is 0 Å². The van der Waals surface area contributed by atoms with Gasteiger partial charge in [0.1, 0.15) is 0 Å². The zero-order valence-corrected chi connectivity index (χ0v) is 10.5. The molecule has 0 N–H and O–H groups in total. The molecule has 0 saturated heterocycles. The van der Waals surface area contributed by atoms with Crippen LogP contribution in [0, 0.1) is 0 Å². The van der Waals surface area contributed by atoms with Crippen LogP contribution in [0.2, 0.25) is 5.02 Å². The molecule has 2 nitrogen and oxygen atoms in total. The molecular weight excluding hydrogens is 233 g/mol. The average Bonchev–Trinajstić information content (AvgIpc) is 2.25. The van der Waals surface area contributed by atoms with Gasteiger partial charge >= 0.3 is 0 Å². The molecule has 0 atom stereocenters. The van der Waals surface area contributed by atoms with E-state index in [4.69, 9.17) is 27.9 Å². The van der Waals surface area contributed by atoms with Crippen LogP contribution in [0.3, 0.4) is 0 Å². The summed E-state index contributed by atoms with van der Waals surface area (Å²) >= 11 is 11.8. The third-order valence-corrected chi connectivity index (χ3v) is 2.89. The Balaban J connectivity index is 2.73. The molecule has 1 aromatic rings. The summed E-state index contributed by atoms with van der Waals surface area (Å²) in [7, 11) is 3.70. The first-order chi connectivity index (χ1) is 7.19. The maximum atomic E-state index is 6.07. The number of likely N-dealkylation sites (N-methyl/N-ethyl adjacent to an activating group) is 1. The van der Waals surface area contributed by atoms with E-state index in [-0.39, 0.29) is 0 Å². The van der Waals surface area contributed by atoms with Crippen LogP contribution in [0.15, 0.2) is 18.2 Å². The number of alkyl halides is 1. The van der Waals surface area contributed by atoms with Gasteiger partial charge in [0, 0.05) is 37.3 Å². The van der Waals surface area contributed by atoms with Crippen molar-refractivity contribution in [2.24, 2.45) is 0 Å². The minimum atomic E-state index is 0.445. The maximum Gasteiger partial charge on any atom is 0.0637 e. The van der Waals surface area contributed by atoms with E-state index in [1.165, 1.54) is 0 Å². The van der Waals surface area contributed by atoms with Gasteiger partial charge in [-0.3, -0.25) is 0 Å². The monoisotopic (exact) mass is 247 g/mol. The lowest BCUT2D eigenvalue weighted by atomic mass is 10.2. The highest BCUT2D eigenvalue weighted by Crippen LogP contribution is 2.24. The third kappa shape index (κ3) is 3.56. The highest BCUT2D eigenvalue weighted by atomic mass is 35.5. The molecule has 0 bridgehead atoms. The van der Waals surface area contributed by atoms with E-state index < -0.39 is 0 Å². The Labute approximate surface area is 101 Å². The molecule has 0 radical (unpaired) electrons. The number of methoxy groups -OCH3 is 1. The van der Waals surface area contributed by atoms with E-state index >= 15 is 0 Å². The quantitative estimate of drug-likeness (QED) is 0.742. The van der Waals surface area contributed by atoms with Crippen LogP contribution >= 0.6 is 23.2 Å². The fourth-order valence-electron chi connectivity index (χ4n) is 1.24. The van der Waals surface area contributed by atoms with Crippen molar-refractivity contribution in [1.82, 2.24) is 0 Å². The summed E-state index contributed by atoms with van der Waals surface area (Å²) in [6.45, 7) is 1.54. The Morgan fingerprint density at radius 3 is 2.67 bits per heavy atom. The van der Waals surface area contributed by atoms with Gasteiger partial charge in [-0.15, -0.1) is 11.6 Å². The van der Waals surface area contributed by atoms with Crippen molar-refractivity contribution in [3.05, 3.63) is 28.8 Å². The van der Waals surface area contributed by atoms with E-state index in [1.54, 1.807) is 7.11 Å². The van der Waals surface area contributed by atoms with Crippen LogP contribution < -0.4 is 4.90 Å². The number of rotatable bonds is 5. The van der Waals surface area contributed by atoms with Gasteiger partial charge in [-0.05, 0) is 17.7 Å². The van der Waals surface area contributed by atoms with E-state index in [0.717, 1.165) is 17.8 Å². The van der Waals surface area contributed by atoms with Crippen LogP contribution in [-0.4, -0.2) is 27.3 Å². The summed E-state index contributed by atoms with van der Waals surface area (Å²) in [6, 6.07) is 5.89. The maximum absolute atomic E-state index is 6.07. The molecule has 0 aliphatic rings. The number of halogens is 2. The molecule has 0 aliphatic carbocycles. The van der Waals surface area contributed by atoms with Crippen LogP contribution in [0.1, 0.15) is 5.56 Å². The molecule has 0 unspecified atom stereocenters. The zero-order chi connectivity index (χ0) is 11.3. The molecule has 0 aliphatic heterocycles. The highest BCUT2D eigenvalue weighted by Gasteiger charge is 2.04. The van der Waals surface area contributed by atoms with Gasteiger partial charge in [-0.1, -0.05) is 17.7 Å². The third-order valence-electron chi connectivity index (χ3n) is 2.25. The Bertz CT molecular complexity index is 317. The first-order valence-corrected chi connectivity index (χ1v) is 5.64. The van der Waals surface area contributed by atoms with Gasteiger partial charge < -0.3 is 9.64 Å². The lowest BCUT2D eigenvalue weighted by molar-refractivity contribution is 0.206. The van der Waals surface area contributed by atoms with Crippen molar-refractivity contribution in [1.29, 1.82) is 0 Å². The summed E-state index contributed by atoms with van der Waals surface area (Å²) in [5.41, 5.74) is 2.04. The average molecular weight is 248 g/mol. The number of anilines is 1. The second-order valence-corrected chi connectivity index (χ2v) is 4.00. The van der Waals surface area contributed by atoms with E-state index in [1.807, 2.05) is 25.2 Å². The van der Waals surface area contributed by atoms with Crippen molar-refractivity contribution in [3.63, 3.8) is 0 Å². The molecular formula is C11H15Cl2NO. The molecule has 1 rings (SSSR count). The molecule has 84 valence electrons. The van der Waals surface area contributed by atoms with Gasteiger partial charge in [0.2, 0.25) is 0 Å². The second kappa shape index (κ2) is 6.21. The molecule has 15 heavy (non-hydrogen) atoms.